The molecule has 3 heteroatoms. The average molecular weight is 262 g/mol. The van der Waals surface area contributed by atoms with Gasteiger partial charge in [0, 0.05) is 31.8 Å². The predicted octanol–water partition coefficient (Wildman–Crippen LogP) is 2.36. The molecule has 0 saturated carbocycles. The Hall–Kier alpha value is -0.900. The van der Waals surface area contributed by atoms with Crippen molar-refractivity contribution in [3.8, 4) is 0 Å². The zero-order valence-corrected chi connectivity index (χ0v) is 12.1. The van der Waals surface area contributed by atoms with Crippen LogP contribution < -0.4 is 5.73 Å². The lowest BCUT2D eigenvalue weighted by atomic mass is 9.99. The van der Waals surface area contributed by atoms with Gasteiger partial charge in [0.1, 0.15) is 0 Å². The third-order valence-corrected chi connectivity index (χ3v) is 4.25. The molecule has 0 amide bonds. The van der Waals surface area contributed by atoms with Crippen LogP contribution >= 0.6 is 0 Å². The Kier molecular flexibility index (Phi) is 5.37. The van der Waals surface area contributed by atoms with Gasteiger partial charge in [-0.3, -0.25) is 4.90 Å². The Balaban J connectivity index is 2.08. The highest BCUT2D eigenvalue weighted by atomic mass is 16.5. The molecule has 0 spiro atoms. The summed E-state index contributed by atoms with van der Waals surface area (Å²) in [5.74, 6) is 0. The van der Waals surface area contributed by atoms with Crippen LogP contribution in [0.2, 0.25) is 0 Å². The third kappa shape index (κ3) is 3.56. The van der Waals surface area contributed by atoms with Gasteiger partial charge < -0.3 is 10.5 Å². The molecule has 1 heterocycles. The molecule has 1 atom stereocenters. The van der Waals surface area contributed by atoms with Crippen LogP contribution in [0.15, 0.2) is 24.3 Å². The summed E-state index contributed by atoms with van der Waals surface area (Å²) in [5, 5.41) is 0. The molecule has 2 rings (SSSR count). The van der Waals surface area contributed by atoms with Gasteiger partial charge >= 0.3 is 0 Å². The maximum Gasteiger partial charge on any atom is 0.0480 e. The van der Waals surface area contributed by atoms with E-state index in [1.54, 1.807) is 0 Å². The van der Waals surface area contributed by atoms with Gasteiger partial charge in [0.15, 0.2) is 0 Å². The summed E-state index contributed by atoms with van der Waals surface area (Å²) in [5.41, 5.74) is 8.72. The Morgan fingerprint density at radius 3 is 2.42 bits per heavy atom. The monoisotopic (exact) mass is 262 g/mol. The summed E-state index contributed by atoms with van der Waals surface area (Å²) in [4.78, 5) is 2.43. The first-order valence-corrected chi connectivity index (χ1v) is 7.34. The molecule has 0 aliphatic carbocycles. The molecule has 19 heavy (non-hydrogen) atoms. The fourth-order valence-electron chi connectivity index (χ4n) is 2.86. The Morgan fingerprint density at radius 2 is 1.89 bits per heavy atom. The van der Waals surface area contributed by atoms with Crippen molar-refractivity contribution < 1.29 is 4.74 Å². The van der Waals surface area contributed by atoms with Crippen molar-refractivity contribution in [1.29, 1.82) is 0 Å². The lowest BCUT2D eigenvalue weighted by molar-refractivity contribution is 0.0294. The number of likely N-dealkylation sites (N-methyl/N-ethyl adjacent to an activating group) is 1. The van der Waals surface area contributed by atoms with Gasteiger partial charge in [-0.2, -0.15) is 0 Å². The maximum absolute atomic E-state index is 6.01. The van der Waals surface area contributed by atoms with E-state index in [1.165, 1.54) is 11.1 Å². The standard InChI is InChI=1S/C16H26N2O/c1-3-13-4-6-14(7-5-13)16(12-17)18(2)15-8-10-19-11-9-15/h4-7,15-16H,3,8-12,17H2,1-2H3. The predicted molar refractivity (Wildman–Crippen MR) is 79.2 cm³/mol. The van der Waals surface area contributed by atoms with E-state index in [1.807, 2.05) is 0 Å². The van der Waals surface area contributed by atoms with Crippen LogP contribution in [0.25, 0.3) is 0 Å². The number of nitrogens with zero attached hydrogens (tertiary/aromatic N) is 1. The van der Waals surface area contributed by atoms with Crippen molar-refractivity contribution in [2.45, 2.75) is 38.3 Å². The molecule has 3 nitrogen and oxygen atoms in total. The van der Waals surface area contributed by atoms with Crippen molar-refractivity contribution in [2.24, 2.45) is 5.73 Å². The Morgan fingerprint density at radius 1 is 1.26 bits per heavy atom. The summed E-state index contributed by atoms with van der Waals surface area (Å²) >= 11 is 0. The smallest absolute Gasteiger partial charge is 0.0480 e. The van der Waals surface area contributed by atoms with Crippen LogP contribution in [0.5, 0.6) is 0 Å². The van der Waals surface area contributed by atoms with E-state index >= 15 is 0 Å². The van der Waals surface area contributed by atoms with Gasteiger partial charge in [-0.25, -0.2) is 0 Å². The van der Waals surface area contributed by atoms with E-state index in [0.29, 0.717) is 18.6 Å². The summed E-state index contributed by atoms with van der Waals surface area (Å²) < 4.78 is 5.44. The highest BCUT2D eigenvalue weighted by molar-refractivity contribution is 5.25. The molecule has 1 unspecified atom stereocenters. The molecule has 0 bridgehead atoms. The van der Waals surface area contributed by atoms with E-state index in [4.69, 9.17) is 10.5 Å². The van der Waals surface area contributed by atoms with Crippen LogP contribution in [0, 0.1) is 0 Å². The fourth-order valence-corrected chi connectivity index (χ4v) is 2.86. The molecular weight excluding hydrogens is 236 g/mol. The van der Waals surface area contributed by atoms with Crippen LogP contribution in [0.3, 0.4) is 0 Å². The van der Waals surface area contributed by atoms with E-state index < -0.39 is 0 Å². The number of rotatable bonds is 5. The second-order valence-electron chi connectivity index (χ2n) is 5.36. The number of hydrogen-bond donors (Lipinski definition) is 1. The minimum Gasteiger partial charge on any atom is -0.381 e. The van der Waals surface area contributed by atoms with Crippen molar-refractivity contribution in [1.82, 2.24) is 4.90 Å². The zero-order valence-electron chi connectivity index (χ0n) is 12.1. The molecule has 1 aliphatic heterocycles. The summed E-state index contributed by atoms with van der Waals surface area (Å²) in [6.07, 6.45) is 3.31. The first-order valence-electron chi connectivity index (χ1n) is 7.34. The Bertz CT molecular complexity index is 371. The number of hydrogen-bond acceptors (Lipinski definition) is 3. The maximum atomic E-state index is 6.01. The van der Waals surface area contributed by atoms with E-state index in [2.05, 4.69) is 43.1 Å². The molecule has 1 aliphatic rings. The average Bonchev–Trinajstić information content (AvgIpc) is 2.49. The molecule has 106 valence electrons. The number of benzene rings is 1. The van der Waals surface area contributed by atoms with E-state index in [-0.39, 0.29) is 0 Å². The normalized spacial score (nSPS) is 18.7. The van der Waals surface area contributed by atoms with Gasteiger partial charge in [0.05, 0.1) is 0 Å². The molecular formula is C16H26N2O. The van der Waals surface area contributed by atoms with E-state index in [9.17, 15) is 0 Å². The molecule has 1 saturated heterocycles. The fraction of sp³-hybridized carbons (Fsp3) is 0.625. The summed E-state index contributed by atoms with van der Waals surface area (Å²) in [7, 11) is 2.20. The largest absolute Gasteiger partial charge is 0.381 e. The van der Waals surface area contributed by atoms with Crippen LogP contribution in [-0.2, 0) is 11.2 Å². The molecule has 1 aromatic rings. The number of ether oxygens (including phenoxy) is 1. The second-order valence-corrected chi connectivity index (χ2v) is 5.36. The quantitative estimate of drug-likeness (QED) is 0.885. The van der Waals surface area contributed by atoms with Crippen LogP contribution in [0.4, 0.5) is 0 Å². The molecule has 1 aromatic carbocycles. The molecule has 2 N–H and O–H groups in total. The zero-order chi connectivity index (χ0) is 13.7. The Labute approximate surface area is 116 Å². The van der Waals surface area contributed by atoms with Gasteiger partial charge in [-0.15, -0.1) is 0 Å². The lowest BCUT2D eigenvalue weighted by Crippen LogP contribution is -2.41. The van der Waals surface area contributed by atoms with Crippen LogP contribution in [-0.4, -0.2) is 37.7 Å². The highest BCUT2D eigenvalue weighted by Crippen LogP contribution is 2.25. The van der Waals surface area contributed by atoms with Gasteiger partial charge in [-0.05, 0) is 37.4 Å². The van der Waals surface area contributed by atoms with Crippen molar-refractivity contribution >= 4 is 0 Å². The number of aryl methyl sites for hydroxylation is 1. The minimum atomic E-state index is 0.314. The van der Waals surface area contributed by atoms with Crippen molar-refractivity contribution in [3.05, 3.63) is 35.4 Å². The second kappa shape index (κ2) is 7.04. The highest BCUT2D eigenvalue weighted by Gasteiger charge is 2.24. The molecule has 0 radical (unpaired) electrons. The molecule has 0 aromatic heterocycles. The molecule has 1 fully saturated rings. The van der Waals surface area contributed by atoms with E-state index in [0.717, 1.165) is 32.5 Å². The lowest BCUT2D eigenvalue weighted by Gasteiger charge is -2.37. The van der Waals surface area contributed by atoms with Crippen LogP contribution in [0.1, 0.15) is 36.9 Å². The summed E-state index contributed by atoms with van der Waals surface area (Å²) in [6.45, 7) is 4.60. The minimum absolute atomic E-state index is 0.314. The topological polar surface area (TPSA) is 38.5 Å². The van der Waals surface area contributed by atoms with Gasteiger partial charge in [-0.1, -0.05) is 31.2 Å². The first-order chi connectivity index (χ1) is 9.26. The number of nitrogens with two attached hydrogens (primary N) is 1. The van der Waals surface area contributed by atoms with Gasteiger partial charge in [0.2, 0.25) is 0 Å². The summed E-state index contributed by atoms with van der Waals surface area (Å²) in [6, 6.07) is 9.80. The first kappa shape index (κ1) is 14.5. The van der Waals surface area contributed by atoms with Crippen molar-refractivity contribution in [2.75, 3.05) is 26.8 Å². The SMILES string of the molecule is CCc1ccc(C(CN)N(C)C2CCOCC2)cc1. The van der Waals surface area contributed by atoms with Gasteiger partial charge in [0.25, 0.3) is 0 Å². The van der Waals surface area contributed by atoms with Crippen molar-refractivity contribution in [3.63, 3.8) is 0 Å². The third-order valence-electron chi connectivity index (χ3n) is 4.25.